The SMILES string of the molecule is CN(C(=O)Cn1cnc2c(sc3nc(-c4cccs4)ccc32)c1=O)c1ccccc1. The predicted octanol–water partition coefficient (Wildman–Crippen LogP) is 4.40. The fraction of sp³-hybridized carbons (Fsp3) is 0.0909. The number of amides is 1. The van der Waals surface area contributed by atoms with Crippen molar-refractivity contribution in [3.8, 4) is 10.6 Å². The van der Waals surface area contributed by atoms with Crippen molar-refractivity contribution < 1.29 is 4.79 Å². The van der Waals surface area contributed by atoms with Crippen LogP contribution in [0.5, 0.6) is 0 Å². The smallest absolute Gasteiger partial charge is 0.271 e. The number of aromatic nitrogens is 3. The van der Waals surface area contributed by atoms with Gasteiger partial charge in [-0.1, -0.05) is 24.3 Å². The van der Waals surface area contributed by atoms with Crippen molar-refractivity contribution in [3.05, 3.63) is 76.7 Å². The lowest BCUT2D eigenvalue weighted by molar-refractivity contribution is -0.118. The van der Waals surface area contributed by atoms with Gasteiger partial charge in [0, 0.05) is 18.1 Å². The normalized spacial score (nSPS) is 11.2. The van der Waals surface area contributed by atoms with E-state index in [1.165, 1.54) is 27.1 Å². The van der Waals surface area contributed by atoms with Crippen molar-refractivity contribution in [1.29, 1.82) is 0 Å². The maximum Gasteiger partial charge on any atom is 0.271 e. The Morgan fingerprint density at radius 2 is 1.93 bits per heavy atom. The molecule has 4 aromatic heterocycles. The maximum absolute atomic E-state index is 13.0. The van der Waals surface area contributed by atoms with Crippen LogP contribution in [0.3, 0.4) is 0 Å². The summed E-state index contributed by atoms with van der Waals surface area (Å²) < 4.78 is 1.87. The molecule has 0 saturated carbocycles. The first kappa shape index (κ1) is 18.7. The van der Waals surface area contributed by atoms with Crippen LogP contribution in [0.4, 0.5) is 5.69 Å². The zero-order valence-corrected chi connectivity index (χ0v) is 17.6. The third-order valence-electron chi connectivity index (χ3n) is 4.91. The van der Waals surface area contributed by atoms with E-state index in [0.717, 1.165) is 26.5 Å². The molecule has 6 nitrogen and oxygen atoms in total. The number of para-hydroxylation sites is 1. The van der Waals surface area contributed by atoms with E-state index in [-0.39, 0.29) is 18.0 Å². The highest BCUT2D eigenvalue weighted by Crippen LogP contribution is 2.32. The van der Waals surface area contributed by atoms with Crippen molar-refractivity contribution in [1.82, 2.24) is 14.5 Å². The number of carbonyl (C=O) groups excluding carboxylic acids is 1. The van der Waals surface area contributed by atoms with Gasteiger partial charge in [0.15, 0.2) is 0 Å². The van der Waals surface area contributed by atoms with Gasteiger partial charge >= 0.3 is 0 Å². The third-order valence-corrected chi connectivity index (χ3v) is 6.88. The molecule has 4 heterocycles. The van der Waals surface area contributed by atoms with E-state index < -0.39 is 0 Å². The molecular weight excluding hydrogens is 416 g/mol. The zero-order valence-electron chi connectivity index (χ0n) is 16.0. The van der Waals surface area contributed by atoms with Crippen molar-refractivity contribution in [2.45, 2.75) is 6.54 Å². The molecule has 5 rings (SSSR count). The number of likely N-dealkylation sites (N-methyl/N-ethyl adjacent to an activating group) is 1. The summed E-state index contributed by atoms with van der Waals surface area (Å²) in [4.78, 5) is 38.3. The van der Waals surface area contributed by atoms with Gasteiger partial charge < -0.3 is 4.90 Å². The molecule has 0 aliphatic heterocycles. The Balaban J connectivity index is 1.51. The third kappa shape index (κ3) is 3.20. The van der Waals surface area contributed by atoms with E-state index >= 15 is 0 Å². The Kier molecular flexibility index (Phi) is 4.65. The van der Waals surface area contributed by atoms with Gasteiger partial charge in [-0.3, -0.25) is 14.2 Å². The number of benzene rings is 1. The number of pyridine rings is 1. The first-order valence-electron chi connectivity index (χ1n) is 9.26. The largest absolute Gasteiger partial charge is 0.314 e. The van der Waals surface area contributed by atoms with Crippen LogP contribution in [-0.2, 0) is 11.3 Å². The lowest BCUT2D eigenvalue weighted by atomic mass is 10.2. The number of anilines is 1. The zero-order chi connectivity index (χ0) is 20.7. The van der Waals surface area contributed by atoms with Crippen molar-refractivity contribution >= 4 is 54.7 Å². The molecular formula is C22H16N4O2S2. The van der Waals surface area contributed by atoms with E-state index in [1.807, 2.05) is 60.0 Å². The minimum absolute atomic E-state index is 0.0741. The van der Waals surface area contributed by atoms with Crippen LogP contribution in [-0.4, -0.2) is 27.5 Å². The van der Waals surface area contributed by atoms with E-state index in [2.05, 4.69) is 4.98 Å². The topological polar surface area (TPSA) is 68.1 Å². The van der Waals surface area contributed by atoms with Crippen molar-refractivity contribution in [3.63, 3.8) is 0 Å². The lowest BCUT2D eigenvalue weighted by Gasteiger charge is -2.17. The van der Waals surface area contributed by atoms with Crippen LogP contribution in [0.15, 0.2) is 71.1 Å². The summed E-state index contributed by atoms with van der Waals surface area (Å²) in [7, 11) is 1.70. The van der Waals surface area contributed by atoms with E-state index in [1.54, 1.807) is 18.4 Å². The molecule has 0 unspecified atom stereocenters. The minimum Gasteiger partial charge on any atom is -0.314 e. The minimum atomic E-state index is -0.226. The molecule has 0 fully saturated rings. The summed E-state index contributed by atoms with van der Waals surface area (Å²) in [6, 6.07) is 17.3. The number of nitrogens with zero attached hydrogens (tertiary/aromatic N) is 4. The number of fused-ring (bicyclic) bond motifs is 3. The highest BCUT2D eigenvalue weighted by atomic mass is 32.1. The molecule has 0 aliphatic carbocycles. The summed E-state index contributed by atoms with van der Waals surface area (Å²) in [6.07, 6.45) is 1.45. The fourth-order valence-corrected chi connectivity index (χ4v) is 5.04. The van der Waals surface area contributed by atoms with Crippen LogP contribution in [0, 0.1) is 0 Å². The monoisotopic (exact) mass is 432 g/mol. The number of hydrogen-bond donors (Lipinski definition) is 0. The number of thiophene rings is 2. The summed E-state index contributed by atoms with van der Waals surface area (Å²) in [5, 5.41) is 2.86. The van der Waals surface area contributed by atoms with Crippen LogP contribution in [0.1, 0.15) is 0 Å². The molecule has 1 amide bonds. The highest BCUT2D eigenvalue weighted by molar-refractivity contribution is 7.25. The van der Waals surface area contributed by atoms with Gasteiger partial charge in [-0.2, -0.15) is 0 Å². The lowest BCUT2D eigenvalue weighted by Crippen LogP contribution is -2.33. The molecule has 0 spiro atoms. The molecule has 0 saturated heterocycles. The highest BCUT2D eigenvalue weighted by Gasteiger charge is 2.17. The van der Waals surface area contributed by atoms with E-state index in [0.29, 0.717) is 10.2 Å². The Labute approximate surface area is 179 Å². The first-order valence-corrected chi connectivity index (χ1v) is 11.0. The molecule has 0 atom stereocenters. The molecule has 30 heavy (non-hydrogen) atoms. The van der Waals surface area contributed by atoms with Gasteiger partial charge in [0.25, 0.3) is 5.56 Å². The quantitative estimate of drug-likeness (QED) is 0.422. The first-order chi connectivity index (χ1) is 14.6. The van der Waals surface area contributed by atoms with Gasteiger partial charge in [0.1, 0.15) is 16.1 Å². The maximum atomic E-state index is 13.0. The van der Waals surface area contributed by atoms with Gasteiger partial charge in [0.2, 0.25) is 5.91 Å². The molecule has 1 aromatic carbocycles. The van der Waals surface area contributed by atoms with Crippen molar-refractivity contribution in [2.75, 3.05) is 11.9 Å². The van der Waals surface area contributed by atoms with Gasteiger partial charge in [-0.25, -0.2) is 9.97 Å². The molecule has 0 radical (unpaired) electrons. The average molecular weight is 433 g/mol. The second-order valence-corrected chi connectivity index (χ2v) is 8.72. The summed E-state index contributed by atoms with van der Waals surface area (Å²) in [5.74, 6) is -0.191. The second-order valence-electron chi connectivity index (χ2n) is 6.77. The molecule has 5 aromatic rings. The Morgan fingerprint density at radius 1 is 1.10 bits per heavy atom. The van der Waals surface area contributed by atoms with E-state index in [9.17, 15) is 9.59 Å². The Hall–Kier alpha value is -3.36. The Morgan fingerprint density at radius 3 is 2.70 bits per heavy atom. The van der Waals surface area contributed by atoms with Gasteiger partial charge in [0.05, 0.1) is 22.4 Å². The van der Waals surface area contributed by atoms with Gasteiger partial charge in [-0.05, 0) is 35.7 Å². The van der Waals surface area contributed by atoms with Crippen LogP contribution in [0.25, 0.3) is 31.0 Å². The molecule has 0 aliphatic rings. The Bertz CT molecular complexity index is 1420. The summed E-state index contributed by atoms with van der Waals surface area (Å²) in [6.45, 7) is -0.0741. The van der Waals surface area contributed by atoms with Crippen LogP contribution in [0.2, 0.25) is 0 Å². The summed E-state index contributed by atoms with van der Waals surface area (Å²) in [5.41, 5.74) is 2.06. The summed E-state index contributed by atoms with van der Waals surface area (Å²) >= 11 is 2.94. The number of rotatable bonds is 4. The average Bonchev–Trinajstić information content (AvgIpc) is 3.43. The molecule has 0 N–H and O–H groups in total. The molecule has 148 valence electrons. The fourth-order valence-electron chi connectivity index (χ4n) is 3.27. The van der Waals surface area contributed by atoms with Crippen molar-refractivity contribution in [2.24, 2.45) is 0 Å². The van der Waals surface area contributed by atoms with Crippen LogP contribution >= 0.6 is 22.7 Å². The molecule has 8 heteroatoms. The number of carbonyl (C=O) groups is 1. The number of hydrogen-bond acceptors (Lipinski definition) is 6. The van der Waals surface area contributed by atoms with Gasteiger partial charge in [-0.15, -0.1) is 22.7 Å². The van der Waals surface area contributed by atoms with E-state index in [4.69, 9.17) is 4.98 Å². The molecule has 0 bridgehead atoms. The predicted molar refractivity (Wildman–Crippen MR) is 122 cm³/mol. The van der Waals surface area contributed by atoms with Crippen LogP contribution < -0.4 is 10.5 Å². The standard InChI is InChI=1S/C22H16N4O2S2/c1-25(14-6-3-2-4-7-14)18(27)12-26-13-23-19-15-9-10-16(17-8-5-11-29-17)24-21(15)30-20(19)22(26)28/h2-11,13H,12H2,1H3. The second kappa shape index (κ2) is 7.47.